The van der Waals surface area contributed by atoms with Crippen molar-refractivity contribution in [2.75, 3.05) is 19.8 Å². The van der Waals surface area contributed by atoms with Gasteiger partial charge in [0.05, 0.1) is 30.3 Å². The van der Waals surface area contributed by atoms with Crippen molar-refractivity contribution < 1.29 is 27.6 Å². The molecule has 1 aromatic heterocycles. The highest BCUT2D eigenvalue weighted by molar-refractivity contribution is 9.09. The van der Waals surface area contributed by atoms with Gasteiger partial charge in [0.15, 0.2) is 0 Å². The summed E-state index contributed by atoms with van der Waals surface area (Å²) in [5, 5.41) is 0. The molecule has 1 aromatic rings. The van der Waals surface area contributed by atoms with Crippen LogP contribution >= 0.6 is 23.5 Å². The fourth-order valence-corrected chi connectivity index (χ4v) is 4.11. The van der Waals surface area contributed by atoms with Crippen molar-refractivity contribution in [1.29, 1.82) is 0 Å². The Kier molecular flexibility index (Phi) is 7.52. The summed E-state index contributed by atoms with van der Waals surface area (Å²) in [6.45, 7) is 9.75. The summed E-state index contributed by atoms with van der Waals surface area (Å²) >= 11 is 3.51. The summed E-state index contributed by atoms with van der Waals surface area (Å²) in [7, 11) is -3.30. The third-order valence-corrected chi connectivity index (χ3v) is 5.23. The Hall–Kier alpha value is -0.620. The minimum absolute atomic E-state index is 0.0297. The van der Waals surface area contributed by atoms with Gasteiger partial charge in [-0.25, -0.2) is 4.79 Å². The Morgan fingerprint density at radius 3 is 2.22 bits per heavy atom. The van der Waals surface area contributed by atoms with Gasteiger partial charge in [-0.1, -0.05) is 15.9 Å². The van der Waals surface area contributed by atoms with Gasteiger partial charge in [0, 0.05) is 5.56 Å². The fraction of sp³-hybridized carbons (Fsp3) is 0.667. The summed E-state index contributed by atoms with van der Waals surface area (Å²) in [5.41, 5.74) is 0.597. The first kappa shape index (κ1) is 20.4. The first-order chi connectivity index (χ1) is 10.7. The zero-order valence-corrected chi connectivity index (χ0v) is 16.7. The topological polar surface area (TPSA) is 75.0 Å². The quantitative estimate of drug-likeness (QED) is 0.329. The van der Waals surface area contributed by atoms with Crippen LogP contribution in [0, 0.1) is 0 Å². The maximum absolute atomic E-state index is 12.7. The highest BCUT2D eigenvalue weighted by Crippen LogP contribution is 2.53. The van der Waals surface area contributed by atoms with Crippen molar-refractivity contribution in [3.8, 4) is 0 Å². The zero-order chi connectivity index (χ0) is 17.7. The number of carbonyl (C=O) groups is 1. The number of furan rings is 1. The monoisotopic (exact) mass is 410 g/mol. The van der Waals surface area contributed by atoms with Crippen LogP contribution in [-0.2, 0) is 28.8 Å². The molecule has 0 aromatic carbocycles. The second kappa shape index (κ2) is 8.47. The van der Waals surface area contributed by atoms with E-state index in [1.54, 1.807) is 26.8 Å². The molecule has 0 aliphatic carbocycles. The lowest BCUT2D eigenvalue weighted by atomic mass is 10.1. The van der Waals surface area contributed by atoms with Gasteiger partial charge in [-0.2, -0.15) is 0 Å². The van der Waals surface area contributed by atoms with E-state index in [1.807, 2.05) is 13.8 Å². The van der Waals surface area contributed by atoms with Gasteiger partial charge < -0.3 is 18.2 Å². The first-order valence-electron chi connectivity index (χ1n) is 7.54. The predicted octanol–water partition coefficient (Wildman–Crippen LogP) is 4.85. The van der Waals surface area contributed by atoms with Crippen LogP contribution in [0.4, 0.5) is 0 Å². The normalized spacial score (nSPS) is 12.4. The molecule has 23 heavy (non-hydrogen) atoms. The lowest BCUT2D eigenvalue weighted by molar-refractivity contribution is 0.0487. The van der Waals surface area contributed by atoms with E-state index in [0.29, 0.717) is 11.3 Å². The number of esters is 1. The number of hydrogen-bond donors (Lipinski definition) is 0. The summed E-state index contributed by atoms with van der Waals surface area (Å²) in [6.07, 6.45) is 0.0297. The Morgan fingerprint density at radius 2 is 1.78 bits per heavy atom. The standard InChI is InChI=1S/C15H24BrO6P/c1-6-19-14(17)12-9-11(13(22-12)15(4,5)16)10-23(18,20-7-2)21-8-3/h9H,6-8,10H2,1-5H3. The van der Waals surface area contributed by atoms with Crippen molar-refractivity contribution in [2.45, 2.75) is 45.1 Å². The predicted molar refractivity (Wildman–Crippen MR) is 91.2 cm³/mol. The molecule has 6 nitrogen and oxygen atoms in total. The van der Waals surface area contributed by atoms with Crippen molar-refractivity contribution in [1.82, 2.24) is 0 Å². The largest absolute Gasteiger partial charge is 0.460 e. The van der Waals surface area contributed by atoms with Crippen molar-refractivity contribution >= 4 is 29.5 Å². The second-order valence-corrected chi connectivity index (χ2v) is 9.30. The average molecular weight is 411 g/mol. The lowest BCUT2D eigenvalue weighted by Crippen LogP contribution is -2.09. The van der Waals surface area contributed by atoms with Crippen LogP contribution < -0.4 is 0 Å². The van der Waals surface area contributed by atoms with Gasteiger partial charge in [-0.05, 0) is 40.7 Å². The summed E-state index contributed by atoms with van der Waals surface area (Å²) < 4.78 is 33.4. The fourth-order valence-electron chi connectivity index (χ4n) is 2.08. The molecule has 0 fully saturated rings. The SMILES string of the molecule is CCOC(=O)c1cc(CP(=O)(OCC)OCC)c(C(C)(C)Br)o1. The molecule has 0 unspecified atom stereocenters. The van der Waals surface area contributed by atoms with E-state index in [1.165, 1.54) is 0 Å². The van der Waals surface area contributed by atoms with E-state index in [9.17, 15) is 9.36 Å². The van der Waals surface area contributed by atoms with Crippen LogP contribution in [0.5, 0.6) is 0 Å². The summed E-state index contributed by atoms with van der Waals surface area (Å²) in [5.74, 6) is 0.0171. The Labute approximate surface area is 145 Å². The molecule has 0 aliphatic heterocycles. The first-order valence-corrected chi connectivity index (χ1v) is 10.1. The molecule has 132 valence electrons. The van der Waals surface area contributed by atoms with Crippen LogP contribution in [0.1, 0.15) is 56.5 Å². The molecule has 0 saturated heterocycles. The van der Waals surface area contributed by atoms with Gasteiger partial charge >= 0.3 is 13.6 Å². The summed E-state index contributed by atoms with van der Waals surface area (Å²) in [4.78, 5) is 11.9. The Bertz CT molecular complexity index is 565. The molecular weight excluding hydrogens is 387 g/mol. The molecular formula is C15H24BrO6P. The Morgan fingerprint density at radius 1 is 1.22 bits per heavy atom. The lowest BCUT2D eigenvalue weighted by Gasteiger charge is -2.19. The third-order valence-electron chi connectivity index (χ3n) is 2.84. The highest BCUT2D eigenvalue weighted by Gasteiger charge is 2.33. The number of carbonyl (C=O) groups excluding carboxylic acids is 1. The third kappa shape index (κ3) is 5.75. The van der Waals surface area contributed by atoms with Crippen LogP contribution in [0.25, 0.3) is 0 Å². The van der Waals surface area contributed by atoms with Crippen molar-refractivity contribution in [3.63, 3.8) is 0 Å². The van der Waals surface area contributed by atoms with Gasteiger partial charge in [0.2, 0.25) is 5.76 Å². The van der Waals surface area contributed by atoms with E-state index in [2.05, 4.69) is 15.9 Å². The maximum atomic E-state index is 12.7. The molecule has 0 bridgehead atoms. The van der Waals surface area contributed by atoms with Crippen LogP contribution in [0.2, 0.25) is 0 Å². The number of alkyl halides is 1. The van der Waals surface area contributed by atoms with E-state index in [0.717, 1.165) is 0 Å². The molecule has 0 saturated carbocycles. The minimum atomic E-state index is -3.30. The molecule has 0 spiro atoms. The van der Waals surface area contributed by atoms with Gasteiger partial charge in [0.25, 0.3) is 0 Å². The van der Waals surface area contributed by atoms with E-state index >= 15 is 0 Å². The van der Waals surface area contributed by atoms with Crippen molar-refractivity contribution in [3.05, 3.63) is 23.2 Å². The Balaban J connectivity index is 3.22. The molecule has 1 heterocycles. The smallest absolute Gasteiger partial charge is 0.374 e. The molecule has 0 amide bonds. The van der Waals surface area contributed by atoms with Crippen LogP contribution in [0.15, 0.2) is 10.5 Å². The molecule has 0 atom stereocenters. The number of hydrogen-bond acceptors (Lipinski definition) is 6. The van der Waals surface area contributed by atoms with E-state index in [-0.39, 0.29) is 31.7 Å². The van der Waals surface area contributed by atoms with Gasteiger partial charge in [-0.15, -0.1) is 0 Å². The van der Waals surface area contributed by atoms with Gasteiger partial charge in [-0.3, -0.25) is 4.57 Å². The molecule has 1 rings (SSSR count). The highest BCUT2D eigenvalue weighted by atomic mass is 79.9. The maximum Gasteiger partial charge on any atom is 0.374 e. The molecule has 0 N–H and O–H groups in total. The minimum Gasteiger partial charge on any atom is -0.460 e. The number of rotatable bonds is 9. The molecule has 0 radical (unpaired) electrons. The number of halogens is 1. The summed E-state index contributed by atoms with van der Waals surface area (Å²) in [6, 6.07) is 1.54. The second-order valence-electron chi connectivity index (χ2n) is 5.26. The number of ether oxygens (including phenoxy) is 1. The van der Waals surface area contributed by atoms with Crippen molar-refractivity contribution in [2.24, 2.45) is 0 Å². The average Bonchev–Trinajstić information content (AvgIpc) is 2.83. The zero-order valence-electron chi connectivity index (χ0n) is 14.2. The van der Waals surface area contributed by atoms with E-state index in [4.69, 9.17) is 18.2 Å². The van der Waals surface area contributed by atoms with Crippen LogP contribution in [-0.4, -0.2) is 25.8 Å². The van der Waals surface area contributed by atoms with E-state index < -0.39 is 17.9 Å². The van der Waals surface area contributed by atoms with Crippen LogP contribution in [0.3, 0.4) is 0 Å². The van der Waals surface area contributed by atoms with Gasteiger partial charge in [0.1, 0.15) is 5.76 Å². The molecule has 8 heteroatoms. The molecule has 0 aliphatic rings.